The second-order valence-corrected chi connectivity index (χ2v) is 5.13. The van der Waals surface area contributed by atoms with Crippen molar-refractivity contribution in [3.63, 3.8) is 0 Å². The summed E-state index contributed by atoms with van der Waals surface area (Å²) in [4.78, 5) is 0. The molecule has 0 bridgehead atoms. The van der Waals surface area contributed by atoms with Crippen molar-refractivity contribution in [3.05, 3.63) is 58.4 Å². The number of rotatable bonds is 3. The van der Waals surface area contributed by atoms with Crippen molar-refractivity contribution in [1.82, 2.24) is 0 Å². The zero-order chi connectivity index (χ0) is 14.9. The van der Waals surface area contributed by atoms with Gasteiger partial charge < -0.3 is 9.84 Å². The average molecular weight is 274 g/mol. The minimum atomic E-state index is -0.919. The Hall–Kier alpha value is -1.87. The predicted molar refractivity (Wildman–Crippen MR) is 77.8 cm³/mol. The van der Waals surface area contributed by atoms with Crippen LogP contribution in [0.25, 0.3) is 0 Å². The van der Waals surface area contributed by atoms with Crippen LogP contribution in [0.1, 0.15) is 35.3 Å². The van der Waals surface area contributed by atoms with Gasteiger partial charge in [0.15, 0.2) is 0 Å². The van der Waals surface area contributed by atoms with Crippen molar-refractivity contribution in [3.8, 4) is 11.5 Å². The summed E-state index contributed by atoms with van der Waals surface area (Å²) in [5, 5.41) is 9.72. The number of halogens is 1. The summed E-state index contributed by atoms with van der Waals surface area (Å²) in [6.45, 7) is 7.49. The second kappa shape index (κ2) is 5.63. The molecule has 0 radical (unpaired) electrons. The topological polar surface area (TPSA) is 29.5 Å². The molecule has 1 N–H and O–H groups in total. The molecular formula is C17H19FO2. The molecule has 0 amide bonds. The Morgan fingerprint density at radius 3 is 2.45 bits per heavy atom. The Labute approximate surface area is 118 Å². The van der Waals surface area contributed by atoms with Crippen LogP contribution in [0.2, 0.25) is 0 Å². The molecule has 3 heteroatoms. The largest absolute Gasteiger partial charge is 0.457 e. The highest BCUT2D eigenvalue weighted by Gasteiger charge is 2.16. The quantitative estimate of drug-likeness (QED) is 0.886. The molecule has 0 saturated heterocycles. The fourth-order valence-electron chi connectivity index (χ4n) is 2.24. The molecule has 20 heavy (non-hydrogen) atoms. The van der Waals surface area contributed by atoms with Crippen LogP contribution in [0, 0.1) is 26.6 Å². The first-order chi connectivity index (χ1) is 9.40. The van der Waals surface area contributed by atoms with Gasteiger partial charge in [-0.2, -0.15) is 0 Å². The van der Waals surface area contributed by atoms with E-state index in [4.69, 9.17) is 4.74 Å². The zero-order valence-corrected chi connectivity index (χ0v) is 12.2. The van der Waals surface area contributed by atoms with Crippen LogP contribution in [0.3, 0.4) is 0 Å². The van der Waals surface area contributed by atoms with Gasteiger partial charge in [0.25, 0.3) is 0 Å². The van der Waals surface area contributed by atoms with Crippen LogP contribution in [0.4, 0.5) is 4.39 Å². The van der Waals surface area contributed by atoms with Crippen LogP contribution in [0.5, 0.6) is 11.5 Å². The number of aryl methyl sites for hydroxylation is 2. The van der Waals surface area contributed by atoms with E-state index in [2.05, 4.69) is 6.07 Å². The second-order valence-electron chi connectivity index (χ2n) is 5.13. The van der Waals surface area contributed by atoms with E-state index in [0.29, 0.717) is 11.5 Å². The number of hydrogen-bond donors (Lipinski definition) is 1. The summed E-state index contributed by atoms with van der Waals surface area (Å²) in [7, 11) is 0. The molecule has 0 fully saturated rings. The Balaban J connectivity index is 2.48. The van der Waals surface area contributed by atoms with Crippen molar-refractivity contribution in [2.75, 3.05) is 0 Å². The first-order valence-electron chi connectivity index (χ1n) is 6.62. The molecule has 0 aliphatic heterocycles. The van der Waals surface area contributed by atoms with E-state index in [0.717, 1.165) is 16.7 Å². The maximum atomic E-state index is 13.8. The molecular weight excluding hydrogens is 255 g/mol. The molecule has 2 nitrogen and oxygen atoms in total. The van der Waals surface area contributed by atoms with Gasteiger partial charge in [0, 0.05) is 0 Å². The van der Waals surface area contributed by atoms with Crippen molar-refractivity contribution >= 4 is 0 Å². The highest BCUT2D eigenvalue weighted by molar-refractivity contribution is 5.46. The van der Waals surface area contributed by atoms with Crippen LogP contribution < -0.4 is 4.74 Å². The van der Waals surface area contributed by atoms with Crippen LogP contribution in [-0.4, -0.2) is 5.11 Å². The molecule has 2 rings (SSSR count). The van der Waals surface area contributed by atoms with Crippen LogP contribution >= 0.6 is 0 Å². The fourth-order valence-corrected chi connectivity index (χ4v) is 2.24. The molecule has 2 aromatic rings. The summed E-state index contributed by atoms with van der Waals surface area (Å²) < 4.78 is 19.7. The molecule has 0 saturated carbocycles. The molecule has 0 aliphatic rings. The molecule has 2 aromatic carbocycles. The molecule has 1 atom stereocenters. The highest BCUT2D eigenvalue weighted by Crippen LogP contribution is 2.34. The number of hydrogen-bond acceptors (Lipinski definition) is 2. The van der Waals surface area contributed by atoms with Crippen molar-refractivity contribution < 1.29 is 14.2 Å². The van der Waals surface area contributed by atoms with E-state index in [1.54, 1.807) is 12.1 Å². The lowest BCUT2D eigenvalue weighted by molar-refractivity contribution is 0.190. The number of benzene rings is 2. The maximum absolute atomic E-state index is 13.8. The third kappa shape index (κ3) is 2.83. The van der Waals surface area contributed by atoms with Gasteiger partial charge in [0.2, 0.25) is 0 Å². The molecule has 106 valence electrons. The maximum Gasteiger partial charge on any atom is 0.136 e. The Morgan fingerprint density at radius 1 is 1.10 bits per heavy atom. The fraction of sp³-hybridized carbons (Fsp3) is 0.294. The molecule has 0 spiro atoms. The van der Waals surface area contributed by atoms with Crippen molar-refractivity contribution in [2.45, 2.75) is 33.8 Å². The number of aliphatic hydroxyl groups excluding tert-OH is 1. The van der Waals surface area contributed by atoms with E-state index < -0.39 is 11.9 Å². The Bertz CT molecular complexity index is 633. The monoisotopic (exact) mass is 274 g/mol. The molecule has 0 aliphatic carbocycles. The average Bonchev–Trinajstić information content (AvgIpc) is 2.35. The number of ether oxygens (including phenoxy) is 1. The van der Waals surface area contributed by atoms with E-state index >= 15 is 0 Å². The SMILES string of the molecule is Cc1cc(C)c(C)c(Oc2cccc(F)c2[C@H](C)O)c1. The van der Waals surface area contributed by atoms with Gasteiger partial charge in [-0.05, 0) is 62.6 Å². The lowest BCUT2D eigenvalue weighted by atomic mass is 10.1. The van der Waals surface area contributed by atoms with Crippen LogP contribution in [-0.2, 0) is 0 Å². The van der Waals surface area contributed by atoms with Gasteiger partial charge in [0.1, 0.15) is 17.3 Å². The van der Waals surface area contributed by atoms with Gasteiger partial charge in [-0.15, -0.1) is 0 Å². The molecule has 0 unspecified atom stereocenters. The summed E-state index contributed by atoms with van der Waals surface area (Å²) in [5.74, 6) is 0.586. The van der Waals surface area contributed by atoms with E-state index in [1.807, 2.05) is 26.8 Å². The zero-order valence-electron chi connectivity index (χ0n) is 12.2. The van der Waals surface area contributed by atoms with Crippen molar-refractivity contribution in [1.29, 1.82) is 0 Å². The third-order valence-electron chi connectivity index (χ3n) is 3.41. The first-order valence-corrected chi connectivity index (χ1v) is 6.62. The van der Waals surface area contributed by atoms with Gasteiger partial charge in [0.05, 0.1) is 11.7 Å². The van der Waals surface area contributed by atoms with Crippen LogP contribution in [0.15, 0.2) is 30.3 Å². The van der Waals surface area contributed by atoms with E-state index in [9.17, 15) is 9.50 Å². The van der Waals surface area contributed by atoms with E-state index in [-0.39, 0.29) is 5.56 Å². The standard InChI is InChI=1S/C17H19FO2/c1-10-8-11(2)12(3)16(9-10)20-15-7-5-6-14(18)17(15)13(4)19/h5-9,13,19H,1-4H3/t13-/m0/s1. The summed E-state index contributed by atoms with van der Waals surface area (Å²) in [6, 6.07) is 8.56. The van der Waals surface area contributed by atoms with Gasteiger partial charge >= 0.3 is 0 Å². The third-order valence-corrected chi connectivity index (χ3v) is 3.41. The first kappa shape index (κ1) is 14.5. The minimum Gasteiger partial charge on any atom is -0.457 e. The van der Waals surface area contributed by atoms with E-state index in [1.165, 1.54) is 13.0 Å². The van der Waals surface area contributed by atoms with Crippen molar-refractivity contribution in [2.24, 2.45) is 0 Å². The van der Waals surface area contributed by atoms with Gasteiger partial charge in [-0.25, -0.2) is 4.39 Å². The summed E-state index contributed by atoms with van der Waals surface area (Å²) in [6.07, 6.45) is -0.919. The smallest absolute Gasteiger partial charge is 0.136 e. The highest BCUT2D eigenvalue weighted by atomic mass is 19.1. The van der Waals surface area contributed by atoms with Gasteiger partial charge in [-0.3, -0.25) is 0 Å². The molecule has 0 heterocycles. The van der Waals surface area contributed by atoms with Gasteiger partial charge in [-0.1, -0.05) is 12.1 Å². The lowest BCUT2D eigenvalue weighted by Crippen LogP contribution is -2.01. The molecule has 0 aromatic heterocycles. The minimum absolute atomic E-state index is 0.186. The summed E-state index contributed by atoms with van der Waals surface area (Å²) >= 11 is 0. The number of aliphatic hydroxyl groups is 1. The Kier molecular flexibility index (Phi) is 4.09. The lowest BCUT2D eigenvalue weighted by Gasteiger charge is -2.16. The Morgan fingerprint density at radius 2 is 1.80 bits per heavy atom. The predicted octanol–water partition coefficient (Wildman–Crippen LogP) is 4.60. The normalized spacial score (nSPS) is 12.3. The summed E-state index contributed by atoms with van der Waals surface area (Å²) in [5.41, 5.74) is 3.40.